The first-order chi connectivity index (χ1) is 19.0. The predicted molar refractivity (Wildman–Crippen MR) is 207 cm³/mol. The zero-order valence-electron chi connectivity index (χ0n) is 26.6. The third kappa shape index (κ3) is 139000. The quantitative estimate of drug-likeness (QED) is 0.281. The van der Waals surface area contributed by atoms with Crippen LogP contribution in [0.3, 0.4) is 0 Å². The lowest BCUT2D eigenvalue weighted by atomic mass is 10.4. The van der Waals surface area contributed by atoms with Crippen LogP contribution < -0.4 is 0 Å². The molecule has 1 saturated heterocycles. The zero-order valence-corrected chi connectivity index (χ0v) is 26.6. The summed E-state index contributed by atoms with van der Waals surface area (Å²) in [6.45, 7) is 104. The van der Waals surface area contributed by atoms with Crippen LogP contribution in [-0.2, 0) is 4.74 Å². The zero-order chi connectivity index (χ0) is 36.8. The molecule has 1 aliphatic heterocycles. The molecule has 1 aliphatic rings. The molecule has 0 N–H and O–H groups in total. The van der Waals surface area contributed by atoms with E-state index in [0.717, 1.165) is 13.2 Å². The van der Waals surface area contributed by atoms with Crippen molar-refractivity contribution in [2.45, 2.75) is 6.42 Å². The molecule has 228 valence electrons. The molecule has 0 unspecified atom stereocenters. The van der Waals surface area contributed by atoms with Crippen molar-refractivity contribution in [3.63, 3.8) is 0 Å². The molecule has 0 spiro atoms. The van der Waals surface area contributed by atoms with Gasteiger partial charge < -0.3 is 4.74 Å². The summed E-state index contributed by atoms with van der Waals surface area (Å²) in [6, 6.07) is 0. The minimum absolute atomic E-state index is 1.00. The second-order valence-corrected chi connectivity index (χ2v) is 0.966. The van der Waals surface area contributed by atoms with Crippen molar-refractivity contribution in [2.24, 2.45) is 0 Å². The molecule has 0 aliphatic carbocycles. The van der Waals surface area contributed by atoms with Gasteiger partial charge in [0.15, 0.2) is 0 Å². The molecule has 1 fully saturated rings. The van der Waals surface area contributed by atoms with E-state index in [1.165, 1.54) is 6.42 Å². The summed E-state index contributed by atoms with van der Waals surface area (Å²) in [7, 11) is 0. The Hall–Kier alpha value is -4.46. The number of rotatable bonds is 0. The first-order valence-electron chi connectivity index (χ1n) is 10.1. The van der Waals surface area contributed by atoms with Gasteiger partial charge in [-0.05, 0) is 6.42 Å². The first-order valence-corrected chi connectivity index (χ1v) is 10.1. The summed E-state index contributed by atoms with van der Waals surface area (Å²) >= 11 is 0. The molecule has 0 amide bonds. The molecule has 1 rings (SSSR count). The molecule has 0 aromatic carbocycles. The molecule has 0 saturated carbocycles. The fraction of sp³-hybridized carbons (Fsp3) is 0.0811. The van der Waals surface area contributed by atoms with Crippen molar-refractivity contribution in [1.29, 1.82) is 0 Å². The maximum Gasteiger partial charge on any atom is 0.0488 e. The second-order valence-electron chi connectivity index (χ2n) is 0.966. The Balaban J connectivity index is -0.00000000826. The summed E-state index contributed by atoms with van der Waals surface area (Å²) in [4.78, 5) is 0. The van der Waals surface area contributed by atoms with Gasteiger partial charge in [-0.2, -0.15) is 0 Å². The number of ether oxygens (including phenoxy) is 1. The standard InChI is InChI=1S/C3H6O.17C2H4/c1-2-4-3-1;17*1-2/h1-3H2;17*1-2H2. The van der Waals surface area contributed by atoms with Crippen molar-refractivity contribution >= 4 is 0 Å². The highest BCUT2D eigenvalue weighted by atomic mass is 16.5. The van der Waals surface area contributed by atoms with Crippen LogP contribution in [0.1, 0.15) is 6.42 Å². The summed E-state index contributed by atoms with van der Waals surface area (Å²) in [6.07, 6.45) is 1.28. The van der Waals surface area contributed by atoms with Crippen LogP contribution >= 0.6 is 0 Å². The van der Waals surface area contributed by atoms with Crippen LogP contribution in [0.5, 0.6) is 0 Å². The molecule has 1 heteroatoms. The van der Waals surface area contributed by atoms with Gasteiger partial charge in [-0.1, -0.05) is 0 Å². The Kier molecular flexibility index (Phi) is 523000. The molecule has 0 aromatic rings. The fourth-order valence-corrected chi connectivity index (χ4v) is 0.144. The molecule has 38 heavy (non-hydrogen) atoms. The Morgan fingerprint density at radius 2 is 0.211 bits per heavy atom. The van der Waals surface area contributed by atoms with Crippen LogP contribution in [-0.4, -0.2) is 13.2 Å². The maximum atomic E-state index is 4.72. The monoisotopic (exact) mass is 535 g/mol. The molecule has 0 radical (unpaired) electrons. The van der Waals surface area contributed by atoms with Crippen molar-refractivity contribution < 1.29 is 4.74 Å². The lowest BCUT2D eigenvalue weighted by molar-refractivity contribution is 0.0367. The van der Waals surface area contributed by atoms with Gasteiger partial charge in [-0.15, -0.1) is 224 Å². The van der Waals surface area contributed by atoms with Crippen molar-refractivity contribution in [3.05, 3.63) is 224 Å². The van der Waals surface area contributed by atoms with Crippen molar-refractivity contribution in [2.75, 3.05) is 13.2 Å². The van der Waals surface area contributed by atoms with E-state index < -0.39 is 0 Å². The largest absolute Gasteiger partial charge is 0.381 e. The normalized spacial score (nSPS) is 4.32. The van der Waals surface area contributed by atoms with Gasteiger partial charge in [0.2, 0.25) is 0 Å². The Bertz CT molecular complexity index is 114. The Labute approximate surface area is 247 Å². The SMILES string of the molecule is C1COC1.C=C.C=C.C=C.C=C.C=C.C=C.C=C.C=C.C=C.C=C.C=C.C=C.C=C.C=C.C=C.C=C.C=C. The van der Waals surface area contributed by atoms with Crippen LogP contribution in [0.25, 0.3) is 0 Å². The third-order valence-electron chi connectivity index (χ3n) is 0.577. The van der Waals surface area contributed by atoms with E-state index >= 15 is 0 Å². The predicted octanol–water partition coefficient (Wildman–Crippen LogP) is 14.0. The molecule has 1 nitrogen and oxygen atoms in total. The molecule has 1 heterocycles. The minimum atomic E-state index is 1.00. The van der Waals surface area contributed by atoms with Gasteiger partial charge in [0.25, 0.3) is 0 Å². The summed E-state index contributed by atoms with van der Waals surface area (Å²) in [5.41, 5.74) is 0. The lowest BCUT2D eigenvalue weighted by Gasteiger charge is -2.09. The Morgan fingerprint density at radius 3 is 0.211 bits per heavy atom. The average Bonchev–Trinajstić information content (AvgIpc) is 3.12. The summed E-state index contributed by atoms with van der Waals surface area (Å²) in [5, 5.41) is 0. The third-order valence-corrected chi connectivity index (χ3v) is 0.577. The first kappa shape index (κ1) is 130. The van der Waals surface area contributed by atoms with Gasteiger partial charge >= 0.3 is 0 Å². The van der Waals surface area contributed by atoms with E-state index in [1.807, 2.05) is 0 Å². The van der Waals surface area contributed by atoms with E-state index in [-0.39, 0.29) is 0 Å². The highest BCUT2D eigenvalue weighted by Crippen LogP contribution is 1.93. The number of hydrogen-bond donors (Lipinski definition) is 0. The van der Waals surface area contributed by atoms with E-state index in [4.69, 9.17) is 4.74 Å². The molecule has 0 aromatic heterocycles. The fourth-order valence-electron chi connectivity index (χ4n) is 0.144. The van der Waals surface area contributed by atoms with Gasteiger partial charge in [0.1, 0.15) is 0 Å². The highest BCUT2D eigenvalue weighted by Gasteiger charge is 1.94. The van der Waals surface area contributed by atoms with Crippen LogP contribution in [0.15, 0.2) is 224 Å². The molecule has 0 atom stereocenters. The molecular formula is C37H74O. The van der Waals surface area contributed by atoms with Gasteiger partial charge in [-0.3, -0.25) is 0 Å². The van der Waals surface area contributed by atoms with Crippen LogP contribution in [0, 0.1) is 0 Å². The van der Waals surface area contributed by atoms with Gasteiger partial charge in [0, 0.05) is 13.2 Å². The van der Waals surface area contributed by atoms with E-state index in [9.17, 15) is 0 Å². The van der Waals surface area contributed by atoms with Crippen molar-refractivity contribution in [3.8, 4) is 0 Å². The Morgan fingerprint density at radius 1 is 0.184 bits per heavy atom. The van der Waals surface area contributed by atoms with E-state index in [1.54, 1.807) is 0 Å². The summed E-state index contributed by atoms with van der Waals surface area (Å²) in [5.74, 6) is 0. The lowest BCUT2D eigenvalue weighted by Crippen LogP contribution is -2.09. The maximum absolute atomic E-state index is 4.72. The molecule has 0 bridgehead atoms. The van der Waals surface area contributed by atoms with Gasteiger partial charge in [-0.25, -0.2) is 0 Å². The minimum Gasteiger partial charge on any atom is -0.381 e. The number of hydrogen-bond acceptors (Lipinski definition) is 1. The topological polar surface area (TPSA) is 9.23 Å². The molecular weight excluding hydrogens is 460 g/mol. The smallest absolute Gasteiger partial charge is 0.0488 e. The second kappa shape index (κ2) is 153000. The summed E-state index contributed by atoms with van der Waals surface area (Å²) < 4.78 is 4.72. The highest BCUT2D eigenvalue weighted by molar-refractivity contribution is 4.41. The van der Waals surface area contributed by atoms with E-state index in [0.29, 0.717) is 0 Å². The average molecular weight is 535 g/mol. The van der Waals surface area contributed by atoms with Gasteiger partial charge in [0.05, 0.1) is 0 Å². The van der Waals surface area contributed by atoms with Crippen LogP contribution in [0.4, 0.5) is 0 Å². The van der Waals surface area contributed by atoms with E-state index in [2.05, 4.69) is 224 Å². The van der Waals surface area contributed by atoms with Crippen molar-refractivity contribution in [1.82, 2.24) is 0 Å². The van der Waals surface area contributed by atoms with Crippen LogP contribution in [0.2, 0.25) is 0 Å².